The van der Waals surface area contributed by atoms with Gasteiger partial charge in [-0.1, -0.05) is 6.07 Å². The van der Waals surface area contributed by atoms with Gasteiger partial charge in [0, 0.05) is 24.2 Å². The van der Waals surface area contributed by atoms with Gasteiger partial charge in [-0.05, 0) is 37.3 Å². The van der Waals surface area contributed by atoms with Crippen molar-refractivity contribution in [2.45, 2.75) is 6.92 Å². The van der Waals surface area contributed by atoms with Gasteiger partial charge in [0.15, 0.2) is 0 Å². The maximum absolute atomic E-state index is 13.8. The number of ether oxygens (including phenoxy) is 1. The van der Waals surface area contributed by atoms with Gasteiger partial charge in [0.1, 0.15) is 17.4 Å². The van der Waals surface area contributed by atoms with Crippen molar-refractivity contribution in [1.29, 1.82) is 0 Å². The molecule has 2 aromatic carbocycles. The number of amides is 1. The zero-order chi connectivity index (χ0) is 16.6. The van der Waals surface area contributed by atoms with Gasteiger partial charge in [-0.15, -0.1) is 0 Å². The Hall–Kier alpha value is -2.69. The van der Waals surface area contributed by atoms with E-state index in [2.05, 4.69) is 0 Å². The third kappa shape index (κ3) is 2.59. The minimum atomic E-state index is -0.702. The smallest absolute Gasteiger partial charge is 0.258 e. The fourth-order valence-corrected chi connectivity index (χ4v) is 2.61. The third-order valence-corrected chi connectivity index (χ3v) is 3.76. The van der Waals surface area contributed by atoms with E-state index in [1.54, 1.807) is 25.2 Å². The van der Waals surface area contributed by atoms with Gasteiger partial charge in [0.05, 0.1) is 17.9 Å². The van der Waals surface area contributed by atoms with Gasteiger partial charge in [0.2, 0.25) is 0 Å². The number of carbonyl (C=O) groups excluding carboxylic acids is 1. The molecule has 3 rings (SSSR count). The van der Waals surface area contributed by atoms with E-state index in [1.165, 1.54) is 17.0 Å². The fraction of sp³-hybridized carbons (Fsp3) is 0.167. The van der Waals surface area contributed by atoms with Crippen molar-refractivity contribution in [2.24, 2.45) is 0 Å². The molecule has 0 atom stereocenters. The lowest BCUT2D eigenvalue weighted by Crippen LogP contribution is -2.20. The molecular formula is C18H15F2NO2. The van der Waals surface area contributed by atoms with Crippen molar-refractivity contribution < 1.29 is 18.3 Å². The molecule has 1 amide bonds. The molecule has 118 valence electrons. The van der Waals surface area contributed by atoms with Gasteiger partial charge in [-0.25, -0.2) is 8.78 Å². The van der Waals surface area contributed by atoms with Gasteiger partial charge < -0.3 is 9.64 Å². The molecule has 23 heavy (non-hydrogen) atoms. The summed E-state index contributed by atoms with van der Waals surface area (Å²) in [5.41, 5.74) is 1.33. The SMILES string of the molecule is CCOc1ccc2c(c1)N(C)C(=O)C2=Cc1c(F)cccc1F. The molecule has 0 aromatic heterocycles. The summed E-state index contributed by atoms with van der Waals surface area (Å²) in [5.74, 6) is -1.07. The summed E-state index contributed by atoms with van der Waals surface area (Å²) in [6.07, 6.45) is 1.26. The zero-order valence-electron chi connectivity index (χ0n) is 12.8. The predicted octanol–water partition coefficient (Wildman–Crippen LogP) is 3.88. The van der Waals surface area contributed by atoms with Crippen LogP contribution in [-0.4, -0.2) is 19.6 Å². The molecule has 0 aliphatic carbocycles. The molecule has 0 saturated carbocycles. The molecule has 3 nitrogen and oxygen atoms in total. The number of hydrogen-bond donors (Lipinski definition) is 0. The number of benzene rings is 2. The summed E-state index contributed by atoms with van der Waals surface area (Å²) in [6, 6.07) is 8.83. The third-order valence-electron chi connectivity index (χ3n) is 3.76. The lowest BCUT2D eigenvalue weighted by Gasteiger charge is -2.10. The lowest BCUT2D eigenvalue weighted by molar-refractivity contribution is -0.112. The summed E-state index contributed by atoms with van der Waals surface area (Å²) in [4.78, 5) is 13.9. The van der Waals surface area contributed by atoms with Crippen LogP contribution in [0.25, 0.3) is 11.6 Å². The quantitative estimate of drug-likeness (QED) is 0.805. The Morgan fingerprint density at radius 2 is 1.87 bits per heavy atom. The van der Waals surface area contributed by atoms with Crippen molar-refractivity contribution in [3.63, 3.8) is 0 Å². The summed E-state index contributed by atoms with van der Waals surface area (Å²) in [7, 11) is 1.62. The monoisotopic (exact) mass is 315 g/mol. The highest BCUT2D eigenvalue weighted by Gasteiger charge is 2.30. The molecule has 0 bridgehead atoms. The summed E-state index contributed by atoms with van der Waals surface area (Å²) >= 11 is 0. The highest BCUT2D eigenvalue weighted by molar-refractivity contribution is 6.35. The van der Waals surface area contributed by atoms with Crippen LogP contribution in [0.4, 0.5) is 14.5 Å². The van der Waals surface area contributed by atoms with Crippen LogP contribution in [0.15, 0.2) is 36.4 Å². The van der Waals surface area contributed by atoms with E-state index in [4.69, 9.17) is 4.74 Å². The number of carbonyl (C=O) groups is 1. The van der Waals surface area contributed by atoms with Crippen molar-refractivity contribution in [3.05, 3.63) is 59.2 Å². The topological polar surface area (TPSA) is 29.5 Å². The van der Waals surface area contributed by atoms with Crippen LogP contribution < -0.4 is 9.64 Å². The Balaban J connectivity index is 2.13. The van der Waals surface area contributed by atoms with Crippen LogP contribution in [0, 0.1) is 11.6 Å². The number of nitrogens with zero attached hydrogens (tertiary/aromatic N) is 1. The van der Waals surface area contributed by atoms with Crippen LogP contribution in [0.1, 0.15) is 18.1 Å². The number of fused-ring (bicyclic) bond motifs is 1. The van der Waals surface area contributed by atoms with E-state index in [0.29, 0.717) is 23.6 Å². The highest BCUT2D eigenvalue weighted by Crippen LogP contribution is 2.39. The van der Waals surface area contributed by atoms with Crippen LogP contribution in [0.2, 0.25) is 0 Å². The van der Waals surface area contributed by atoms with Gasteiger partial charge in [-0.3, -0.25) is 4.79 Å². The fourth-order valence-electron chi connectivity index (χ4n) is 2.61. The molecule has 1 heterocycles. The van der Waals surface area contributed by atoms with Crippen LogP contribution in [0.5, 0.6) is 5.75 Å². The molecule has 0 saturated heterocycles. The molecule has 5 heteroatoms. The summed E-state index contributed by atoms with van der Waals surface area (Å²) in [6.45, 7) is 2.38. The predicted molar refractivity (Wildman–Crippen MR) is 85.3 cm³/mol. The minimum Gasteiger partial charge on any atom is -0.494 e. The molecule has 1 aliphatic rings. The standard InChI is InChI=1S/C18H15F2NO2/c1-3-23-11-7-8-12-13(18(22)21(2)17(12)9-11)10-14-15(19)5-4-6-16(14)20/h4-10H,3H2,1-2H3. The number of halogens is 2. The van der Waals surface area contributed by atoms with Crippen molar-refractivity contribution >= 4 is 23.2 Å². The Morgan fingerprint density at radius 3 is 2.52 bits per heavy atom. The largest absolute Gasteiger partial charge is 0.494 e. The maximum atomic E-state index is 13.8. The molecule has 0 spiro atoms. The first-order valence-electron chi connectivity index (χ1n) is 7.24. The first-order valence-corrected chi connectivity index (χ1v) is 7.24. The van der Waals surface area contributed by atoms with E-state index >= 15 is 0 Å². The zero-order valence-corrected chi connectivity index (χ0v) is 12.8. The normalized spacial score (nSPS) is 15.2. The first-order chi connectivity index (χ1) is 11.0. The second-order valence-electron chi connectivity index (χ2n) is 5.17. The number of anilines is 1. The molecule has 0 N–H and O–H groups in total. The molecule has 0 fully saturated rings. The average Bonchev–Trinajstić information content (AvgIpc) is 2.76. The van der Waals surface area contributed by atoms with Crippen molar-refractivity contribution in [2.75, 3.05) is 18.6 Å². The van der Waals surface area contributed by atoms with Crippen LogP contribution in [-0.2, 0) is 4.79 Å². The molecular weight excluding hydrogens is 300 g/mol. The van der Waals surface area contributed by atoms with Crippen LogP contribution in [0.3, 0.4) is 0 Å². The molecule has 0 unspecified atom stereocenters. The second-order valence-corrected chi connectivity index (χ2v) is 5.17. The van der Waals surface area contributed by atoms with E-state index < -0.39 is 11.6 Å². The molecule has 1 aliphatic heterocycles. The van der Waals surface area contributed by atoms with Gasteiger partial charge in [-0.2, -0.15) is 0 Å². The van der Waals surface area contributed by atoms with E-state index in [9.17, 15) is 13.6 Å². The van der Waals surface area contributed by atoms with Gasteiger partial charge in [0.25, 0.3) is 5.91 Å². The Kier molecular flexibility index (Phi) is 3.86. The summed E-state index contributed by atoms with van der Waals surface area (Å²) < 4.78 is 33.1. The molecule has 0 radical (unpaired) electrons. The Bertz CT molecular complexity index is 794. The van der Waals surface area contributed by atoms with Crippen molar-refractivity contribution in [3.8, 4) is 5.75 Å². The summed E-state index contributed by atoms with van der Waals surface area (Å²) in [5, 5.41) is 0. The van der Waals surface area contributed by atoms with E-state index in [0.717, 1.165) is 12.1 Å². The Morgan fingerprint density at radius 1 is 1.17 bits per heavy atom. The average molecular weight is 315 g/mol. The lowest BCUT2D eigenvalue weighted by atomic mass is 10.0. The van der Waals surface area contributed by atoms with E-state index in [-0.39, 0.29) is 17.0 Å². The highest BCUT2D eigenvalue weighted by atomic mass is 19.1. The maximum Gasteiger partial charge on any atom is 0.258 e. The van der Waals surface area contributed by atoms with Crippen molar-refractivity contribution in [1.82, 2.24) is 0 Å². The first kappa shape index (κ1) is 15.2. The van der Waals surface area contributed by atoms with Gasteiger partial charge >= 0.3 is 0 Å². The van der Waals surface area contributed by atoms with Crippen LogP contribution >= 0.6 is 0 Å². The Labute approximate surface area is 132 Å². The second kappa shape index (κ2) is 5.83. The van der Waals surface area contributed by atoms with E-state index in [1.807, 2.05) is 6.92 Å². The minimum absolute atomic E-state index is 0.217. The molecule has 2 aromatic rings. The number of hydrogen-bond acceptors (Lipinski definition) is 2. The number of likely N-dealkylation sites (N-methyl/N-ethyl adjacent to an activating group) is 1. The number of rotatable bonds is 3.